The number of methoxy groups -OCH3 is 1. The van der Waals surface area contributed by atoms with Crippen molar-refractivity contribution in [2.75, 3.05) is 7.11 Å². The molecule has 7 nitrogen and oxygen atoms in total. The lowest BCUT2D eigenvalue weighted by Crippen LogP contribution is -2.40. The first-order valence-electron chi connectivity index (χ1n) is 9.03. The number of benzene rings is 2. The van der Waals surface area contributed by atoms with Crippen LogP contribution < -0.4 is 14.8 Å². The Morgan fingerprint density at radius 1 is 1.17 bits per heavy atom. The molecule has 0 unspecified atom stereocenters. The number of ether oxygens (including phenoxy) is 2. The minimum atomic E-state index is -2.96. The molecule has 1 fully saturated rings. The Morgan fingerprint density at radius 2 is 1.83 bits per heavy atom. The molecule has 3 amide bonds. The number of hydrogen-bond acceptors (Lipinski definition) is 5. The number of ketones is 1. The van der Waals surface area contributed by atoms with E-state index in [0.717, 1.165) is 4.90 Å². The molecule has 1 aliphatic heterocycles. The number of rotatable bonds is 7. The molecular formula is C21H20F2N2O5. The number of urea groups is 1. The summed E-state index contributed by atoms with van der Waals surface area (Å²) < 4.78 is 34.3. The number of imide groups is 1. The summed E-state index contributed by atoms with van der Waals surface area (Å²) in [4.78, 5) is 38.4. The molecular weight excluding hydrogens is 398 g/mol. The molecule has 1 saturated heterocycles. The van der Waals surface area contributed by atoms with Gasteiger partial charge in [-0.3, -0.25) is 14.5 Å². The van der Waals surface area contributed by atoms with E-state index in [1.54, 1.807) is 18.2 Å². The normalized spacial score (nSPS) is 18.5. The molecule has 30 heavy (non-hydrogen) atoms. The maximum Gasteiger partial charge on any atom is 0.387 e. The van der Waals surface area contributed by atoms with Gasteiger partial charge >= 0.3 is 12.6 Å². The van der Waals surface area contributed by atoms with Crippen molar-refractivity contribution in [3.63, 3.8) is 0 Å². The van der Waals surface area contributed by atoms with Crippen LogP contribution in [0.3, 0.4) is 0 Å². The number of nitrogens with one attached hydrogen (secondary N) is 1. The van der Waals surface area contributed by atoms with Crippen LogP contribution in [0.25, 0.3) is 0 Å². The Labute approximate surface area is 171 Å². The van der Waals surface area contributed by atoms with Crippen molar-refractivity contribution in [2.45, 2.75) is 32.5 Å². The van der Waals surface area contributed by atoms with E-state index in [2.05, 4.69) is 10.1 Å². The molecule has 1 N–H and O–H groups in total. The minimum absolute atomic E-state index is 0.0586. The van der Waals surface area contributed by atoms with Gasteiger partial charge in [0.05, 0.1) is 13.7 Å². The van der Waals surface area contributed by atoms with Gasteiger partial charge in [0.1, 0.15) is 17.0 Å². The van der Waals surface area contributed by atoms with Crippen LogP contribution >= 0.6 is 0 Å². The second-order valence-electron chi connectivity index (χ2n) is 6.93. The summed E-state index contributed by atoms with van der Waals surface area (Å²) in [5, 5.41) is 2.64. The molecule has 1 atom stereocenters. The third-order valence-electron chi connectivity index (χ3n) is 4.95. The number of nitrogens with zero attached hydrogens (tertiary/aromatic N) is 1. The highest BCUT2D eigenvalue weighted by Crippen LogP contribution is 2.32. The predicted octanol–water partition coefficient (Wildman–Crippen LogP) is 3.47. The van der Waals surface area contributed by atoms with E-state index in [1.807, 2.05) is 0 Å². The van der Waals surface area contributed by atoms with Gasteiger partial charge in [0.2, 0.25) is 0 Å². The van der Waals surface area contributed by atoms with E-state index in [4.69, 9.17) is 4.74 Å². The first kappa shape index (κ1) is 21.2. The molecule has 9 heteroatoms. The van der Waals surface area contributed by atoms with Crippen molar-refractivity contribution in [3.8, 4) is 11.5 Å². The lowest BCUT2D eigenvalue weighted by molar-refractivity contribution is -0.131. The second-order valence-corrected chi connectivity index (χ2v) is 6.93. The lowest BCUT2D eigenvalue weighted by atomic mass is 9.92. The largest absolute Gasteiger partial charge is 0.496 e. The summed E-state index contributed by atoms with van der Waals surface area (Å²) in [6, 6.07) is 9.64. The SMILES string of the molecule is COc1ccc(C(C)=O)cc1CN1C(=O)N[C@@](C)(c2ccc(OC(F)F)cc2)C1=O. The van der Waals surface area contributed by atoms with Gasteiger partial charge in [-0.05, 0) is 49.7 Å². The van der Waals surface area contributed by atoms with Gasteiger partial charge in [-0.25, -0.2) is 4.79 Å². The molecule has 0 radical (unpaired) electrons. The van der Waals surface area contributed by atoms with Gasteiger partial charge in [-0.2, -0.15) is 8.78 Å². The summed E-state index contributed by atoms with van der Waals surface area (Å²) in [5.41, 5.74) is -0.0467. The molecule has 3 rings (SSSR count). The zero-order chi connectivity index (χ0) is 22.1. The van der Waals surface area contributed by atoms with E-state index in [1.165, 1.54) is 45.2 Å². The van der Waals surface area contributed by atoms with Crippen molar-refractivity contribution < 1.29 is 32.6 Å². The van der Waals surface area contributed by atoms with Crippen LogP contribution in [0.2, 0.25) is 0 Å². The quantitative estimate of drug-likeness (QED) is 0.550. The van der Waals surface area contributed by atoms with Gasteiger partial charge in [-0.15, -0.1) is 0 Å². The van der Waals surface area contributed by atoms with Crippen LogP contribution in [0.15, 0.2) is 42.5 Å². The number of halogens is 2. The summed E-state index contributed by atoms with van der Waals surface area (Å²) in [7, 11) is 1.45. The Kier molecular flexibility index (Phi) is 5.73. The number of carbonyl (C=O) groups excluding carboxylic acids is 3. The Morgan fingerprint density at radius 3 is 2.40 bits per heavy atom. The van der Waals surface area contributed by atoms with Crippen molar-refractivity contribution in [1.82, 2.24) is 10.2 Å². The first-order chi connectivity index (χ1) is 14.2. The van der Waals surface area contributed by atoms with Crippen LogP contribution in [-0.2, 0) is 16.9 Å². The zero-order valence-corrected chi connectivity index (χ0v) is 16.6. The standard InChI is InChI=1S/C21H20F2N2O5/c1-12(26)13-4-9-17(29-3)14(10-13)11-25-18(27)21(2,24-20(25)28)15-5-7-16(8-6-15)30-19(22)23/h4-10,19H,11H2,1-3H3,(H,24,28)/t21-/m0/s1. The number of carbonyl (C=O) groups is 3. The van der Waals surface area contributed by atoms with Gasteiger partial charge in [0.15, 0.2) is 5.78 Å². The highest BCUT2D eigenvalue weighted by molar-refractivity contribution is 6.07. The molecule has 0 spiro atoms. The van der Waals surface area contributed by atoms with Crippen LogP contribution in [0.5, 0.6) is 11.5 Å². The van der Waals surface area contributed by atoms with Crippen molar-refractivity contribution >= 4 is 17.7 Å². The predicted molar refractivity (Wildman–Crippen MR) is 103 cm³/mol. The van der Waals surface area contributed by atoms with Gasteiger partial charge < -0.3 is 14.8 Å². The fraction of sp³-hybridized carbons (Fsp3) is 0.286. The average molecular weight is 418 g/mol. The van der Waals surface area contributed by atoms with E-state index in [9.17, 15) is 23.2 Å². The molecule has 1 heterocycles. The fourth-order valence-corrected chi connectivity index (χ4v) is 3.30. The van der Waals surface area contributed by atoms with Crippen LogP contribution in [-0.4, -0.2) is 36.3 Å². The van der Waals surface area contributed by atoms with Gasteiger partial charge in [0.25, 0.3) is 5.91 Å². The minimum Gasteiger partial charge on any atom is -0.496 e. The highest BCUT2D eigenvalue weighted by Gasteiger charge is 2.49. The maximum absolute atomic E-state index is 13.1. The Balaban J connectivity index is 1.88. The molecule has 158 valence electrons. The topological polar surface area (TPSA) is 84.9 Å². The van der Waals surface area contributed by atoms with Crippen LogP contribution in [0.1, 0.15) is 35.3 Å². The van der Waals surface area contributed by atoms with Crippen molar-refractivity contribution in [3.05, 3.63) is 59.2 Å². The van der Waals surface area contributed by atoms with E-state index >= 15 is 0 Å². The molecule has 0 bridgehead atoms. The first-order valence-corrected chi connectivity index (χ1v) is 9.03. The summed E-state index contributed by atoms with van der Waals surface area (Å²) in [5.74, 6) is -0.308. The molecule has 0 aromatic heterocycles. The number of alkyl halides is 2. The third-order valence-corrected chi connectivity index (χ3v) is 4.95. The van der Waals surface area contributed by atoms with E-state index in [-0.39, 0.29) is 18.1 Å². The molecule has 2 aromatic rings. The number of Topliss-reactive ketones (excluding diaryl/α,β-unsaturated/α-hetero) is 1. The van der Waals surface area contributed by atoms with E-state index < -0.39 is 24.1 Å². The summed E-state index contributed by atoms with van der Waals surface area (Å²) in [6.45, 7) is -0.121. The van der Waals surface area contributed by atoms with Crippen molar-refractivity contribution in [2.24, 2.45) is 0 Å². The lowest BCUT2D eigenvalue weighted by Gasteiger charge is -2.23. The van der Waals surface area contributed by atoms with Gasteiger partial charge in [0, 0.05) is 11.1 Å². The average Bonchev–Trinajstić information content (AvgIpc) is 2.92. The summed E-state index contributed by atoms with van der Waals surface area (Å²) >= 11 is 0. The number of amides is 3. The monoisotopic (exact) mass is 418 g/mol. The Bertz CT molecular complexity index is 993. The zero-order valence-electron chi connectivity index (χ0n) is 16.6. The summed E-state index contributed by atoms with van der Waals surface area (Å²) in [6.07, 6.45) is 0. The van der Waals surface area contributed by atoms with Crippen LogP contribution in [0, 0.1) is 0 Å². The molecule has 1 aliphatic rings. The van der Waals surface area contributed by atoms with Crippen LogP contribution in [0.4, 0.5) is 13.6 Å². The molecule has 0 aliphatic carbocycles. The molecule has 0 saturated carbocycles. The smallest absolute Gasteiger partial charge is 0.387 e. The van der Waals surface area contributed by atoms with E-state index in [0.29, 0.717) is 22.4 Å². The maximum atomic E-state index is 13.1. The van der Waals surface area contributed by atoms with Gasteiger partial charge in [-0.1, -0.05) is 12.1 Å². The third kappa shape index (κ3) is 3.96. The second kappa shape index (κ2) is 8.10. The molecule has 2 aromatic carbocycles. The Hall–Kier alpha value is -3.49. The fourth-order valence-electron chi connectivity index (χ4n) is 3.30. The van der Waals surface area contributed by atoms with Crippen molar-refractivity contribution in [1.29, 1.82) is 0 Å². The number of hydrogen-bond donors (Lipinski definition) is 1. The highest BCUT2D eigenvalue weighted by atomic mass is 19.3.